The molecule has 62 heavy (non-hydrogen) atoms. The Bertz CT molecular complexity index is 1890. The van der Waals surface area contributed by atoms with Crippen LogP contribution in [-0.2, 0) is 36.9 Å². The topological polar surface area (TPSA) is 180 Å². The molecule has 0 radical (unpaired) electrons. The third-order valence-electron chi connectivity index (χ3n) is 12.5. The summed E-state index contributed by atoms with van der Waals surface area (Å²) in [7, 11) is 3.54. The van der Waals surface area contributed by atoms with Gasteiger partial charge in [-0.25, -0.2) is 0 Å². The molecule has 3 unspecified atom stereocenters. The molecule has 0 amide bonds. The van der Waals surface area contributed by atoms with Crippen LogP contribution in [0, 0.1) is 23.7 Å². The highest BCUT2D eigenvalue weighted by Gasteiger charge is 2.47. The van der Waals surface area contributed by atoms with Crippen molar-refractivity contribution in [2.75, 3.05) is 33.8 Å². The molecule has 4 N–H and O–H groups in total. The van der Waals surface area contributed by atoms with Crippen molar-refractivity contribution in [2.45, 2.75) is 122 Å². The van der Waals surface area contributed by atoms with Gasteiger partial charge in [0.2, 0.25) is 0 Å². The highest BCUT2D eigenvalue weighted by atomic mass is 16.7. The number of esters is 1. The summed E-state index contributed by atoms with van der Waals surface area (Å²) in [5, 5.41) is 53.7. The number of hydrogen-bond donors (Lipinski definition) is 4. The van der Waals surface area contributed by atoms with Crippen LogP contribution < -0.4 is 0 Å². The van der Waals surface area contributed by atoms with E-state index in [1.807, 2.05) is 86.3 Å². The Morgan fingerprint density at radius 1 is 0.935 bits per heavy atom. The largest absolute Gasteiger partial charge is 0.462 e. The van der Waals surface area contributed by atoms with E-state index in [0.717, 1.165) is 22.4 Å². The van der Waals surface area contributed by atoms with Crippen LogP contribution in [0.2, 0.25) is 0 Å². The highest BCUT2D eigenvalue weighted by Crippen LogP contribution is 2.35. The van der Waals surface area contributed by atoms with Crippen molar-refractivity contribution >= 4 is 11.8 Å². The molecule has 1 aromatic heterocycles. The molecule has 1 fully saturated rings. The number of rotatable bonds is 14. The molecule has 5 rings (SSSR count). The smallest absolute Gasteiger partial charge is 0.308 e. The number of likely N-dealkylation sites (N-methyl/N-ethyl adjacent to an activating group) is 1. The number of aliphatic hydroxyl groups is 4. The Kier molecular flexibility index (Phi) is 18.6. The van der Waals surface area contributed by atoms with Gasteiger partial charge in [0.15, 0.2) is 12.1 Å². The quantitative estimate of drug-likeness (QED) is 0.165. The monoisotopic (exact) mass is 860 g/mol. The molecule has 3 heterocycles. The number of carbonyl (C=O) groups excluding carboxylic acids is 2. The van der Waals surface area contributed by atoms with Gasteiger partial charge in [-0.3, -0.25) is 19.2 Å². The lowest BCUT2D eigenvalue weighted by Crippen LogP contribution is -2.63. The van der Waals surface area contributed by atoms with Crippen LogP contribution in [0.25, 0.3) is 11.3 Å². The molecular formula is C48H69N5O9. The molecule has 0 saturated carbocycles. The zero-order valence-corrected chi connectivity index (χ0v) is 37.4. The van der Waals surface area contributed by atoms with Crippen molar-refractivity contribution in [3.8, 4) is 11.3 Å². The van der Waals surface area contributed by atoms with Crippen LogP contribution >= 0.6 is 0 Å². The maximum absolute atomic E-state index is 13.9. The lowest BCUT2D eigenvalue weighted by molar-refractivity contribution is -0.304. The molecule has 2 aliphatic rings. The maximum Gasteiger partial charge on any atom is 0.308 e. The zero-order chi connectivity index (χ0) is 44.9. The van der Waals surface area contributed by atoms with Crippen LogP contribution in [0.3, 0.4) is 0 Å². The standard InChI is InChI=1S/C48H69N5O9/c1-8-42-38(30-54)25-31(2)19-20-40(55)32(3)26-37(47(33(4)41(56)27-43(57)61-42)62-48-46(59)44(51(6)7)45(58)34(5)60-48)21-22-52(28-35-15-11-9-12-16-35)23-24-53-29-39(49-50-53)36-17-13-10-14-18-36/h9-20,25,29,32-34,37-38,41-42,44-48,54,56,58-59H,8,21-24,26-28,30H2,1-7H3/b20-19+,31-25+/t32-,33+,34-,37+,38-,41-,42-,44?,45?,46?,47-,48+/m1/s1. The second kappa shape index (κ2) is 23.5. The number of nitrogens with zero attached hydrogens (tertiary/aromatic N) is 5. The van der Waals surface area contributed by atoms with Gasteiger partial charge in [0, 0.05) is 36.4 Å². The number of benzene rings is 2. The first kappa shape index (κ1) is 48.9. The van der Waals surface area contributed by atoms with Gasteiger partial charge in [0.05, 0.1) is 56.2 Å². The first-order chi connectivity index (χ1) is 29.7. The number of cyclic esters (lactones) is 1. The zero-order valence-electron chi connectivity index (χ0n) is 37.4. The summed E-state index contributed by atoms with van der Waals surface area (Å²) in [6.45, 7) is 11.2. The van der Waals surface area contributed by atoms with E-state index >= 15 is 0 Å². The summed E-state index contributed by atoms with van der Waals surface area (Å²) in [5.41, 5.74) is 3.63. The molecule has 0 bridgehead atoms. The fraction of sp³-hybridized carbons (Fsp3) is 0.583. The Hall–Kier alpha value is -4.12. The minimum absolute atomic E-state index is 0.0966. The van der Waals surface area contributed by atoms with E-state index in [-0.39, 0.29) is 24.7 Å². The van der Waals surface area contributed by atoms with Crippen molar-refractivity contribution in [3.63, 3.8) is 0 Å². The number of aliphatic hydroxyl groups excluding tert-OH is 4. The van der Waals surface area contributed by atoms with E-state index in [1.165, 1.54) is 0 Å². The molecule has 2 aliphatic heterocycles. The van der Waals surface area contributed by atoms with E-state index < -0.39 is 72.7 Å². The number of carbonyl (C=O) groups is 2. The van der Waals surface area contributed by atoms with Crippen molar-refractivity contribution in [2.24, 2.45) is 23.7 Å². The molecule has 3 aromatic rings. The fourth-order valence-electron chi connectivity index (χ4n) is 8.71. The van der Waals surface area contributed by atoms with E-state index in [1.54, 1.807) is 45.0 Å². The number of aromatic nitrogens is 3. The predicted octanol–water partition coefficient (Wildman–Crippen LogP) is 4.66. The first-order valence-corrected chi connectivity index (χ1v) is 22.1. The second-order valence-electron chi connectivity index (χ2n) is 17.5. The van der Waals surface area contributed by atoms with Crippen LogP contribution in [0.5, 0.6) is 0 Å². The van der Waals surface area contributed by atoms with E-state index in [4.69, 9.17) is 14.2 Å². The summed E-state index contributed by atoms with van der Waals surface area (Å²) in [4.78, 5) is 31.5. The van der Waals surface area contributed by atoms with E-state index in [0.29, 0.717) is 45.4 Å². The molecule has 2 aromatic carbocycles. The average molecular weight is 860 g/mol. The molecule has 12 atom stereocenters. The number of allylic oxidation sites excluding steroid dienone is 3. The fourth-order valence-corrected chi connectivity index (χ4v) is 8.71. The molecule has 1 saturated heterocycles. The summed E-state index contributed by atoms with van der Waals surface area (Å²) in [5.74, 6) is -2.79. The summed E-state index contributed by atoms with van der Waals surface area (Å²) in [6.07, 6.45) is 1.12. The number of ether oxygens (including phenoxy) is 3. The van der Waals surface area contributed by atoms with Crippen molar-refractivity contribution in [1.29, 1.82) is 0 Å². The Balaban J connectivity index is 1.50. The Labute approximate surface area is 367 Å². The van der Waals surface area contributed by atoms with Gasteiger partial charge >= 0.3 is 5.97 Å². The average Bonchev–Trinajstić information content (AvgIpc) is 3.74. The van der Waals surface area contributed by atoms with Crippen LogP contribution in [0.15, 0.2) is 90.7 Å². The molecular weight excluding hydrogens is 791 g/mol. The normalized spacial score (nSPS) is 32.0. The van der Waals surface area contributed by atoms with E-state index in [2.05, 4.69) is 27.3 Å². The number of ketones is 1. The highest BCUT2D eigenvalue weighted by molar-refractivity contribution is 5.91. The van der Waals surface area contributed by atoms with Gasteiger partial charge < -0.3 is 39.5 Å². The van der Waals surface area contributed by atoms with Gasteiger partial charge in [0.25, 0.3) is 0 Å². The van der Waals surface area contributed by atoms with Crippen molar-refractivity contribution in [1.82, 2.24) is 24.8 Å². The van der Waals surface area contributed by atoms with Crippen molar-refractivity contribution < 1.29 is 44.2 Å². The van der Waals surface area contributed by atoms with Crippen molar-refractivity contribution in [3.05, 3.63) is 96.2 Å². The first-order valence-electron chi connectivity index (χ1n) is 22.1. The third-order valence-corrected chi connectivity index (χ3v) is 12.5. The molecule has 340 valence electrons. The van der Waals surface area contributed by atoms with Gasteiger partial charge in [-0.2, -0.15) is 0 Å². The van der Waals surface area contributed by atoms with Crippen LogP contribution in [-0.4, -0.2) is 140 Å². The summed E-state index contributed by atoms with van der Waals surface area (Å²) < 4.78 is 20.7. The SMILES string of the molecule is CC[C@H]1OC(=O)C[C@@H](O)[C@H](C)[C@@H](O[C@@H]2O[C@H](C)C(O)C(N(C)C)C2O)[C@@H](CCN(CCn2cc(-c3ccccc3)nn2)Cc2ccccc2)C[C@@H](C)C(=O)/C=C/C(C)=C/[C@@H]1CO. The van der Waals surface area contributed by atoms with E-state index in [9.17, 15) is 30.0 Å². The third kappa shape index (κ3) is 13.4. The molecule has 0 spiro atoms. The molecule has 14 nitrogen and oxygen atoms in total. The Morgan fingerprint density at radius 3 is 2.29 bits per heavy atom. The van der Waals surface area contributed by atoms with Crippen LogP contribution in [0.1, 0.15) is 65.9 Å². The summed E-state index contributed by atoms with van der Waals surface area (Å²) >= 11 is 0. The Morgan fingerprint density at radius 2 is 1.63 bits per heavy atom. The second-order valence-corrected chi connectivity index (χ2v) is 17.5. The number of hydrogen-bond acceptors (Lipinski definition) is 13. The predicted molar refractivity (Wildman–Crippen MR) is 236 cm³/mol. The van der Waals surface area contributed by atoms with Gasteiger partial charge in [0.1, 0.15) is 17.9 Å². The van der Waals surface area contributed by atoms with Gasteiger partial charge in [-0.05, 0) is 71.3 Å². The maximum atomic E-state index is 13.9. The van der Waals surface area contributed by atoms with Gasteiger partial charge in [-0.15, -0.1) is 5.10 Å². The van der Waals surface area contributed by atoms with Crippen LogP contribution in [0.4, 0.5) is 0 Å². The molecule has 0 aliphatic carbocycles. The molecule has 14 heteroatoms. The lowest BCUT2D eigenvalue weighted by atomic mass is 9.79. The van der Waals surface area contributed by atoms with Gasteiger partial charge in [-0.1, -0.05) is 104 Å². The summed E-state index contributed by atoms with van der Waals surface area (Å²) in [6, 6.07) is 19.4. The minimum Gasteiger partial charge on any atom is -0.462 e. The lowest BCUT2D eigenvalue weighted by Gasteiger charge is -2.46. The minimum atomic E-state index is -1.26.